The number of nitrogens with zero attached hydrogens (tertiary/aromatic N) is 3. The third-order valence-electron chi connectivity index (χ3n) is 6.41. The molecule has 158 valence electrons. The number of anilines is 1. The van der Waals surface area contributed by atoms with Crippen LogP contribution in [0.4, 0.5) is 5.69 Å². The molecule has 0 aromatic heterocycles. The molecule has 0 N–H and O–H groups in total. The van der Waals surface area contributed by atoms with E-state index in [1.807, 2.05) is 29.2 Å². The van der Waals surface area contributed by atoms with Crippen LogP contribution < -0.4 is 4.90 Å². The zero-order valence-corrected chi connectivity index (χ0v) is 17.7. The predicted octanol–water partition coefficient (Wildman–Crippen LogP) is 3.92. The van der Waals surface area contributed by atoms with Crippen LogP contribution in [-0.4, -0.2) is 54.3 Å². The number of rotatable bonds is 4. The Morgan fingerprint density at radius 2 is 1.61 bits per heavy atom. The third-order valence-corrected chi connectivity index (χ3v) is 6.41. The fraction of sp³-hybridized carbons (Fsp3) is 0.308. The van der Waals surface area contributed by atoms with E-state index in [1.165, 1.54) is 16.3 Å². The molecule has 0 saturated carbocycles. The molecule has 31 heavy (non-hydrogen) atoms. The van der Waals surface area contributed by atoms with E-state index in [4.69, 9.17) is 0 Å². The fourth-order valence-electron chi connectivity index (χ4n) is 4.69. The molecule has 0 aliphatic carbocycles. The topological polar surface area (TPSA) is 43.9 Å². The molecular weight excluding hydrogens is 386 g/mol. The molecule has 5 heteroatoms. The molecule has 2 aliphatic heterocycles. The molecule has 2 aliphatic rings. The Morgan fingerprint density at radius 1 is 0.839 bits per heavy atom. The SMILES string of the molecule is O=C(c1cccc(N2CCCC2=O)c1)N1CCN(Cc2cccc3ccccc23)CC1. The maximum Gasteiger partial charge on any atom is 0.254 e. The van der Waals surface area contributed by atoms with Crippen LogP contribution in [0.15, 0.2) is 66.7 Å². The van der Waals surface area contributed by atoms with Gasteiger partial charge in [0.1, 0.15) is 0 Å². The minimum atomic E-state index is 0.0540. The summed E-state index contributed by atoms with van der Waals surface area (Å²) in [6, 6.07) is 22.5. The molecule has 0 radical (unpaired) electrons. The van der Waals surface area contributed by atoms with E-state index in [-0.39, 0.29) is 11.8 Å². The largest absolute Gasteiger partial charge is 0.336 e. The minimum Gasteiger partial charge on any atom is -0.336 e. The van der Waals surface area contributed by atoms with E-state index < -0.39 is 0 Å². The summed E-state index contributed by atoms with van der Waals surface area (Å²) in [5, 5.41) is 2.57. The van der Waals surface area contributed by atoms with Gasteiger partial charge >= 0.3 is 0 Å². The highest BCUT2D eigenvalue weighted by atomic mass is 16.2. The van der Waals surface area contributed by atoms with Crippen molar-refractivity contribution in [2.45, 2.75) is 19.4 Å². The van der Waals surface area contributed by atoms with Crippen LogP contribution in [0.1, 0.15) is 28.8 Å². The molecule has 5 nitrogen and oxygen atoms in total. The van der Waals surface area contributed by atoms with E-state index in [0.717, 1.165) is 51.4 Å². The molecule has 2 amide bonds. The zero-order chi connectivity index (χ0) is 21.2. The van der Waals surface area contributed by atoms with Crippen LogP contribution in [-0.2, 0) is 11.3 Å². The van der Waals surface area contributed by atoms with Gasteiger partial charge in [-0.05, 0) is 41.0 Å². The molecular formula is C26H27N3O2. The van der Waals surface area contributed by atoms with E-state index in [0.29, 0.717) is 12.0 Å². The first kappa shape index (κ1) is 19.8. The van der Waals surface area contributed by atoms with Crippen molar-refractivity contribution < 1.29 is 9.59 Å². The average Bonchev–Trinajstić information content (AvgIpc) is 3.25. The molecule has 0 bridgehead atoms. The van der Waals surface area contributed by atoms with Crippen molar-refractivity contribution in [1.29, 1.82) is 0 Å². The van der Waals surface area contributed by atoms with Gasteiger partial charge in [0.25, 0.3) is 5.91 Å². The first-order valence-electron chi connectivity index (χ1n) is 11.1. The van der Waals surface area contributed by atoms with E-state index in [2.05, 4.69) is 47.4 Å². The van der Waals surface area contributed by atoms with Gasteiger partial charge in [0, 0.05) is 56.9 Å². The van der Waals surface area contributed by atoms with Gasteiger partial charge in [-0.15, -0.1) is 0 Å². The van der Waals surface area contributed by atoms with Crippen molar-refractivity contribution in [3.8, 4) is 0 Å². The van der Waals surface area contributed by atoms with E-state index >= 15 is 0 Å². The van der Waals surface area contributed by atoms with Gasteiger partial charge in [0.15, 0.2) is 0 Å². The van der Waals surface area contributed by atoms with Crippen LogP contribution in [0.3, 0.4) is 0 Å². The Kier molecular flexibility index (Phi) is 5.43. The third kappa shape index (κ3) is 4.06. The minimum absolute atomic E-state index is 0.0540. The van der Waals surface area contributed by atoms with Gasteiger partial charge in [-0.2, -0.15) is 0 Å². The van der Waals surface area contributed by atoms with Crippen molar-refractivity contribution in [3.63, 3.8) is 0 Å². The molecule has 2 saturated heterocycles. The van der Waals surface area contributed by atoms with Crippen molar-refractivity contribution in [2.75, 3.05) is 37.6 Å². The van der Waals surface area contributed by atoms with Crippen LogP contribution >= 0.6 is 0 Å². The number of piperazine rings is 1. The summed E-state index contributed by atoms with van der Waals surface area (Å²) in [5.41, 5.74) is 2.84. The van der Waals surface area contributed by atoms with Gasteiger partial charge in [0.2, 0.25) is 5.91 Å². The zero-order valence-electron chi connectivity index (χ0n) is 17.7. The Bertz CT molecular complexity index is 1110. The maximum atomic E-state index is 13.1. The number of fused-ring (bicyclic) bond motifs is 1. The molecule has 2 heterocycles. The second kappa shape index (κ2) is 8.52. The summed E-state index contributed by atoms with van der Waals surface area (Å²) in [4.78, 5) is 31.3. The second-order valence-corrected chi connectivity index (χ2v) is 8.41. The highest BCUT2D eigenvalue weighted by Crippen LogP contribution is 2.24. The number of hydrogen-bond acceptors (Lipinski definition) is 3. The van der Waals surface area contributed by atoms with Crippen LogP contribution in [0.2, 0.25) is 0 Å². The Labute approximate surface area is 182 Å². The van der Waals surface area contributed by atoms with Gasteiger partial charge in [-0.1, -0.05) is 48.5 Å². The molecule has 0 spiro atoms. The lowest BCUT2D eigenvalue weighted by Gasteiger charge is -2.35. The summed E-state index contributed by atoms with van der Waals surface area (Å²) >= 11 is 0. The quantitative estimate of drug-likeness (QED) is 0.651. The van der Waals surface area contributed by atoms with Crippen molar-refractivity contribution >= 4 is 28.3 Å². The first-order chi connectivity index (χ1) is 15.2. The number of amides is 2. The Hall–Kier alpha value is -3.18. The number of carbonyl (C=O) groups excluding carboxylic acids is 2. The summed E-state index contributed by atoms with van der Waals surface area (Å²) in [5.74, 6) is 0.199. The van der Waals surface area contributed by atoms with Crippen LogP contribution in [0, 0.1) is 0 Å². The number of hydrogen-bond donors (Lipinski definition) is 0. The lowest BCUT2D eigenvalue weighted by atomic mass is 10.0. The molecule has 0 unspecified atom stereocenters. The molecule has 0 atom stereocenters. The Morgan fingerprint density at radius 3 is 2.42 bits per heavy atom. The van der Waals surface area contributed by atoms with Crippen molar-refractivity contribution in [2.24, 2.45) is 0 Å². The summed E-state index contributed by atoms with van der Waals surface area (Å²) in [7, 11) is 0. The fourth-order valence-corrected chi connectivity index (χ4v) is 4.69. The summed E-state index contributed by atoms with van der Waals surface area (Å²) < 4.78 is 0. The maximum absolute atomic E-state index is 13.1. The van der Waals surface area contributed by atoms with Crippen LogP contribution in [0.25, 0.3) is 10.8 Å². The highest BCUT2D eigenvalue weighted by molar-refractivity contribution is 5.99. The van der Waals surface area contributed by atoms with Crippen LogP contribution in [0.5, 0.6) is 0 Å². The summed E-state index contributed by atoms with van der Waals surface area (Å²) in [6.07, 6.45) is 1.48. The molecule has 2 fully saturated rings. The monoisotopic (exact) mass is 413 g/mol. The lowest BCUT2D eigenvalue weighted by Crippen LogP contribution is -2.48. The smallest absolute Gasteiger partial charge is 0.254 e. The average molecular weight is 414 g/mol. The van der Waals surface area contributed by atoms with Crippen molar-refractivity contribution in [3.05, 3.63) is 77.9 Å². The van der Waals surface area contributed by atoms with E-state index in [9.17, 15) is 9.59 Å². The molecule has 3 aromatic rings. The first-order valence-corrected chi connectivity index (χ1v) is 11.1. The molecule has 5 rings (SSSR count). The van der Waals surface area contributed by atoms with Gasteiger partial charge in [-0.3, -0.25) is 14.5 Å². The van der Waals surface area contributed by atoms with Gasteiger partial charge in [-0.25, -0.2) is 0 Å². The van der Waals surface area contributed by atoms with Gasteiger partial charge < -0.3 is 9.80 Å². The highest BCUT2D eigenvalue weighted by Gasteiger charge is 2.25. The van der Waals surface area contributed by atoms with Gasteiger partial charge in [0.05, 0.1) is 0 Å². The number of carbonyl (C=O) groups is 2. The second-order valence-electron chi connectivity index (χ2n) is 8.41. The predicted molar refractivity (Wildman–Crippen MR) is 123 cm³/mol. The summed E-state index contributed by atoms with van der Waals surface area (Å²) in [6.45, 7) is 4.80. The Balaban J connectivity index is 1.23. The van der Waals surface area contributed by atoms with E-state index in [1.54, 1.807) is 4.90 Å². The molecule has 3 aromatic carbocycles. The normalized spacial score (nSPS) is 17.5. The van der Waals surface area contributed by atoms with Crippen molar-refractivity contribution in [1.82, 2.24) is 9.80 Å². The number of benzene rings is 3. The lowest BCUT2D eigenvalue weighted by molar-refractivity contribution is -0.117. The standard InChI is InChI=1S/C26H27N3O2/c30-25-12-5-13-29(25)23-10-4-8-21(18-23)26(31)28-16-14-27(15-17-28)19-22-9-3-7-20-6-1-2-11-24(20)22/h1-4,6-11,18H,5,12-17,19H2.